The van der Waals surface area contributed by atoms with Crippen LogP contribution in [-0.4, -0.2) is 26.7 Å². The quantitative estimate of drug-likeness (QED) is 0.648. The zero-order chi connectivity index (χ0) is 13.7. The van der Waals surface area contributed by atoms with Crippen molar-refractivity contribution in [1.82, 2.24) is 0 Å². The molecule has 0 amide bonds. The number of nitrogens with two attached hydrogens (primary N) is 1. The largest absolute Gasteiger partial charge is 0.465 e. The summed E-state index contributed by atoms with van der Waals surface area (Å²) in [5.41, 5.74) is 5.90. The highest BCUT2D eigenvalue weighted by Crippen LogP contribution is 2.25. The lowest BCUT2D eigenvalue weighted by Crippen LogP contribution is -2.20. The van der Waals surface area contributed by atoms with Crippen molar-refractivity contribution >= 4 is 17.3 Å². The Morgan fingerprint density at radius 1 is 1.61 bits per heavy atom. The molecule has 2 N–H and O–H groups in total. The molecule has 0 aromatic heterocycles. The van der Waals surface area contributed by atoms with Crippen LogP contribution >= 0.6 is 0 Å². The fourth-order valence-corrected chi connectivity index (χ4v) is 1.49. The van der Waals surface area contributed by atoms with E-state index in [0.29, 0.717) is 6.54 Å². The number of hydrogen-bond donors (Lipinski definition) is 1. The monoisotopic (exact) mass is 251 g/mol. The molecule has 0 radical (unpaired) electrons. The molecule has 0 saturated carbocycles. The topological polar surface area (TPSA) is 79.3 Å². The fourth-order valence-electron chi connectivity index (χ4n) is 1.49. The lowest BCUT2D eigenvalue weighted by molar-refractivity contribution is 0.0602. The van der Waals surface area contributed by atoms with Gasteiger partial charge in [-0.05, 0) is 12.1 Å². The van der Waals surface area contributed by atoms with Gasteiger partial charge in [-0.3, -0.25) is 0 Å². The van der Waals surface area contributed by atoms with Gasteiger partial charge in [0.15, 0.2) is 0 Å². The van der Waals surface area contributed by atoms with Gasteiger partial charge >= 0.3 is 5.97 Å². The number of benzene rings is 1. The number of nitrogens with zero attached hydrogens (tertiary/aromatic N) is 2. The first-order valence-electron chi connectivity index (χ1n) is 5.26. The summed E-state index contributed by atoms with van der Waals surface area (Å²) in [7, 11) is 2.86. The first-order chi connectivity index (χ1) is 8.51. The minimum absolute atomic E-state index is 0.0248. The predicted octanol–water partition coefficient (Wildman–Crippen LogP) is 1.54. The number of nitriles is 1. The van der Waals surface area contributed by atoms with Crippen molar-refractivity contribution in [3.63, 3.8) is 0 Å². The van der Waals surface area contributed by atoms with E-state index in [-0.39, 0.29) is 23.4 Å². The molecule has 96 valence electrons. The minimum Gasteiger partial charge on any atom is -0.465 e. The Morgan fingerprint density at radius 3 is 2.83 bits per heavy atom. The van der Waals surface area contributed by atoms with Crippen molar-refractivity contribution in [2.45, 2.75) is 6.42 Å². The Morgan fingerprint density at radius 2 is 2.28 bits per heavy atom. The van der Waals surface area contributed by atoms with Crippen molar-refractivity contribution in [2.24, 2.45) is 0 Å². The van der Waals surface area contributed by atoms with Crippen molar-refractivity contribution < 1.29 is 13.9 Å². The van der Waals surface area contributed by atoms with Crippen LogP contribution in [0.25, 0.3) is 0 Å². The molecule has 6 heteroatoms. The van der Waals surface area contributed by atoms with Gasteiger partial charge in [-0.15, -0.1) is 0 Å². The third-order valence-electron chi connectivity index (χ3n) is 2.49. The molecule has 1 aromatic rings. The Hall–Kier alpha value is -2.29. The van der Waals surface area contributed by atoms with Gasteiger partial charge in [0.2, 0.25) is 0 Å². The first-order valence-corrected chi connectivity index (χ1v) is 5.26. The Labute approximate surface area is 105 Å². The lowest BCUT2D eigenvalue weighted by Gasteiger charge is -2.19. The number of anilines is 2. The zero-order valence-electron chi connectivity index (χ0n) is 10.2. The molecule has 0 saturated heterocycles. The number of carbonyl (C=O) groups is 1. The molecule has 0 unspecified atom stereocenters. The molecule has 0 aliphatic heterocycles. The zero-order valence-corrected chi connectivity index (χ0v) is 10.2. The van der Waals surface area contributed by atoms with E-state index in [9.17, 15) is 9.18 Å². The Balaban J connectivity index is 3.13. The molecule has 0 heterocycles. The molecule has 0 aliphatic carbocycles. The van der Waals surface area contributed by atoms with Gasteiger partial charge in [0.1, 0.15) is 5.82 Å². The van der Waals surface area contributed by atoms with Crippen LogP contribution in [0.5, 0.6) is 0 Å². The molecule has 0 spiro atoms. The summed E-state index contributed by atoms with van der Waals surface area (Å²) < 4.78 is 18.3. The molecule has 1 aromatic carbocycles. The van der Waals surface area contributed by atoms with E-state index < -0.39 is 11.8 Å². The van der Waals surface area contributed by atoms with E-state index in [1.807, 2.05) is 6.07 Å². The van der Waals surface area contributed by atoms with Crippen molar-refractivity contribution in [1.29, 1.82) is 5.26 Å². The highest BCUT2D eigenvalue weighted by Gasteiger charge is 2.16. The summed E-state index contributed by atoms with van der Waals surface area (Å²) >= 11 is 0. The second-order valence-electron chi connectivity index (χ2n) is 3.71. The molecule has 0 aliphatic rings. The van der Waals surface area contributed by atoms with Gasteiger partial charge in [0.05, 0.1) is 30.9 Å². The molecule has 18 heavy (non-hydrogen) atoms. The lowest BCUT2D eigenvalue weighted by atomic mass is 10.1. The standard InChI is InChI=1S/C12H14FN3O2/c1-16(5-3-4-14)11-6-8(12(17)18-2)10(15)7-9(11)13/h6-7H,3,5,15H2,1-2H3. The van der Waals surface area contributed by atoms with Crippen LogP contribution in [0, 0.1) is 17.1 Å². The summed E-state index contributed by atoms with van der Waals surface area (Å²) in [6, 6.07) is 4.37. The summed E-state index contributed by atoms with van der Waals surface area (Å²) in [6.45, 7) is 0.359. The number of hydrogen-bond acceptors (Lipinski definition) is 5. The van der Waals surface area contributed by atoms with Crippen LogP contribution in [0.4, 0.5) is 15.8 Å². The van der Waals surface area contributed by atoms with Gasteiger partial charge in [-0.25, -0.2) is 9.18 Å². The predicted molar refractivity (Wildman–Crippen MR) is 65.7 cm³/mol. The maximum Gasteiger partial charge on any atom is 0.340 e. The van der Waals surface area contributed by atoms with Crippen molar-refractivity contribution in [2.75, 3.05) is 31.3 Å². The summed E-state index contributed by atoms with van der Waals surface area (Å²) in [6.07, 6.45) is 0.258. The van der Waals surface area contributed by atoms with Crippen LogP contribution in [0.1, 0.15) is 16.8 Å². The summed E-state index contributed by atoms with van der Waals surface area (Å²) in [5.74, 6) is -1.16. The number of nitrogen functional groups attached to an aromatic ring is 1. The Kier molecular flexibility index (Phi) is 4.49. The van der Waals surface area contributed by atoms with Crippen LogP contribution in [-0.2, 0) is 4.74 Å². The van der Waals surface area contributed by atoms with Crippen LogP contribution in [0.3, 0.4) is 0 Å². The van der Waals surface area contributed by atoms with Crippen LogP contribution in [0.15, 0.2) is 12.1 Å². The average Bonchev–Trinajstić information content (AvgIpc) is 2.35. The second-order valence-corrected chi connectivity index (χ2v) is 3.71. The van der Waals surface area contributed by atoms with E-state index in [2.05, 4.69) is 4.74 Å². The molecule has 0 bridgehead atoms. The van der Waals surface area contributed by atoms with Crippen molar-refractivity contribution in [3.8, 4) is 6.07 Å². The van der Waals surface area contributed by atoms with Crippen LogP contribution in [0.2, 0.25) is 0 Å². The van der Waals surface area contributed by atoms with E-state index in [4.69, 9.17) is 11.0 Å². The third-order valence-corrected chi connectivity index (χ3v) is 2.49. The second kappa shape index (κ2) is 5.87. The minimum atomic E-state index is -0.623. The fraction of sp³-hybridized carbons (Fsp3) is 0.333. The number of rotatable bonds is 4. The third kappa shape index (κ3) is 2.88. The van der Waals surface area contributed by atoms with Gasteiger partial charge in [0.25, 0.3) is 0 Å². The van der Waals surface area contributed by atoms with Crippen LogP contribution < -0.4 is 10.6 Å². The summed E-state index contributed by atoms with van der Waals surface area (Å²) in [4.78, 5) is 13.0. The first kappa shape index (κ1) is 13.8. The average molecular weight is 251 g/mol. The van der Waals surface area contributed by atoms with E-state index in [1.54, 1.807) is 11.9 Å². The molecular formula is C12H14FN3O2. The van der Waals surface area contributed by atoms with E-state index >= 15 is 0 Å². The van der Waals surface area contributed by atoms with Gasteiger partial charge < -0.3 is 15.4 Å². The number of methoxy groups -OCH3 is 1. The Bertz CT molecular complexity index is 497. The maximum atomic E-state index is 13.7. The number of esters is 1. The smallest absolute Gasteiger partial charge is 0.340 e. The van der Waals surface area contributed by atoms with E-state index in [0.717, 1.165) is 6.07 Å². The van der Waals surface area contributed by atoms with Gasteiger partial charge in [0, 0.05) is 19.3 Å². The highest BCUT2D eigenvalue weighted by molar-refractivity contribution is 5.96. The number of ether oxygens (including phenoxy) is 1. The number of halogens is 1. The molecule has 0 atom stereocenters. The molecule has 5 nitrogen and oxygen atoms in total. The number of carbonyl (C=O) groups excluding carboxylic acids is 1. The summed E-state index contributed by atoms with van der Waals surface area (Å²) in [5, 5.41) is 8.49. The molecule has 0 fully saturated rings. The SMILES string of the molecule is COC(=O)c1cc(N(C)CCC#N)c(F)cc1N. The van der Waals surface area contributed by atoms with Gasteiger partial charge in [-0.1, -0.05) is 0 Å². The normalized spacial score (nSPS) is 9.67. The van der Waals surface area contributed by atoms with E-state index in [1.165, 1.54) is 13.2 Å². The van der Waals surface area contributed by atoms with Gasteiger partial charge in [-0.2, -0.15) is 5.26 Å². The van der Waals surface area contributed by atoms with Crippen molar-refractivity contribution in [3.05, 3.63) is 23.5 Å². The molecular weight excluding hydrogens is 237 g/mol. The maximum absolute atomic E-state index is 13.7. The molecule has 1 rings (SSSR count). The highest BCUT2D eigenvalue weighted by atomic mass is 19.1.